The summed E-state index contributed by atoms with van der Waals surface area (Å²) in [6.45, 7) is 0.626. The van der Waals surface area contributed by atoms with Crippen molar-refractivity contribution in [1.82, 2.24) is 4.98 Å². The first-order chi connectivity index (χ1) is 9.15. The number of para-hydroxylation sites is 1. The quantitative estimate of drug-likeness (QED) is 0.793. The fourth-order valence-electron chi connectivity index (χ4n) is 3.32. The van der Waals surface area contributed by atoms with Gasteiger partial charge in [0.05, 0.1) is 16.5 Å². The van der Waals surface area contributed by atoms with Gasteiger partial charge in [-0.1, -0.05) is 18.2 Å². The maximum atomic E-state index is 11.8. The number of pyridine rings is 1. The smallest absolute Gasteiger partial charge is 0.156 e. The number of nitrogens with zero attached hydrogens (tertiary/aromatic N) is 2. The molecule has 0 radical (unpaired) electrons. The largest absolute Gasteiger partial charge is 0.366 e. The van der Waals surface area contributed by atoms with Crippen LogP contribution in [0.25, 0.3) is 10.9 Å². The second kappa shape index (κ2) is 3.70. The molecule has 2 unspecified atom stereocenters. The third kappa shape index (κ3) is 1.57. The molecule has 5 heteroatoms. The molecule has 0 spiro atoms. The van der Waals surface area contributed by atoms with Crippen LogP contribution in [0.15, 0.2) is 36.5 Å². The number of fused-ring (bicyclic) bond motifs is 3. The van der Waals surface area contributed by atoms with Crippen LogP contribution in [0.4, 0.5) is 5.69 Å². The minimum absolute atomic E-state index is 0.140. The van der Waals surface area contributed by atoms with Crippen LogP contribution in [0.3, 0.4) is 0 Å². The summed E-state index contributed by atoms with van der Waals surface area (Å²) in [6.07, 6.45) is 2.58. The first-order valence-corrected chi connectivity index (χ1v) is 8.19. The summed E-state index contributed by atoms with van der Waals surface area (Å²) in [4.78, 5) is 6.60. The second-order valence-corrected chi connectivity index (χ2v) is 7.67. The highest BCUT2D eigenvalue weighted by Gasteiger charge is 2.48. The van der Waals surface area contributed by atoms with E-state index in [1.54, 1.807) is 6.20 Å². The Morgan fingerprint density at radius 1 is 1.21 bits per heavy atom. The summed E-state index contributed by atoms with van der Waals surface area (Å²) in [5.41, 5.74) is 2.08. The van der Waals surface area contributed by atoms with Crippen molar-refractivity contribution in [3.8, 4) is 0 Å². The number of hydrogen-bond donors (Lipinski definition) is 0. The van der Waals surface area contributed by atoms with Crippen LogP contribution in [0.5, 0.6) is 0 Å². The number of aromatic nitrogens is 1. The monoisotopic (exact) mass is 274 g/mol. The lowest BCUT2D eigenvalue weighted by Crippen LogP contribution is -2.40. The second-order valence-electron chi connectivity index (χ2n) is 5.34. The number of rotatable bonds is 1. The molecule has 1 aromatic heterocycles. The van der Waals surface area contributed by atoms with E-state index < -0.39 is 9.84 Å². The highest BCUT2D eigenvalue weighted by Crippen LogP contribution is 2.38. The third-order valence-corrected chi connectivity index (χ3v) is 6.45. The SMILES string of the molecule is O=S1(=O)CC2CC1CN2c1ccnc2ccccc12. The lowest BCUT2D eigenvalue weighted by Gasteiger charge is -2.29. The molecule has 2 bridgehead atoms. The van der Waals surface area contributed by atoms with E-state index >= 15 is 0 Å². The van der Waals surface area contributed by atoms with Crippen molar-refractivity contribution < 1.29 is 8.42 Å². The zero-order valence-electron chi connectivity index (χ0n) is 10.4. The Morgan fingerprint density at radius 2 is 2.05 bits per heavy atom. The van der Waals surface area contributed by atoms with Crippen LogP contribution < -0.4 is 4.90 Å². The van der Waals surface area contributed by atoms with Gasteiger partial charge >= 0.3 is 0 Å². The molecule has 4 nitrogen and oxygen atoms in total. The summed E-state index contributed by atoms with van der Waals surface area (Å²) in [6, 6.07) is 10.1. The van der Waals surface area contributed by atoms with E-state index in [2.05, 4.69) is 16.0 Å². The van der Waals surface area contributed by atoms with Gasteiger partial charge in [-0.05, 0) is 18.6 Å². The van der Waals surface area contributed by atoms with E-state index in [0.717, 1.165) is 23.0 Å². The van der Waals surface area contributed by atoms with Gasteiger partial charge in [0.25, 0.3) is 0 Å². The molecule has 19 heavy (non-hydrogen) atoms. The van der Waals surface area contributed by atoms with Crippen molar-refractivity contribution in [2.45, 2.75) is 17.7 Å². The molecule has 0 saturated carbocycles. The molecule has 2 saturated heterocycles. The summed E-state index contributed by atoms with van der Waals surface area (Å²) < 4.78 is 23.6. The minimum Gasteiger partial charge on any atom is -0.366 e. The number of anilines is 1. The minimum atomic E-state index is -2.84. The lowest BCUT2D eigenvalue weighted by atomic mass is 10.1. The van der Waals surface area contributed by atoms with Gasteiger partial charge in [0.2, 0.25) is 0 Å². The van der Waals surface area contributed by atoms with Crippen molar-refractivity contribution in [2.75, 3.05) is 17.2 Å². The molecule has 0 aliphatic carbocycles. The van der Waals surface area contributed by atoms with Crippen molar-refractivity contribution in [3.05, 3.63) is 36.5 Å². The maximum Gasteiger partial charge on any atom is 0.156 e. The van der Waals surface area contributed by atoms with Crippen LogP contribution in [0.1, 0.15) is 6.42 Å². The van der Waals surface area contributed by atoms with Crippen molar-refractivity contribution in [2.24, 2.45) is 0 Å². The Morgan fingerprint density at radius 3 is 2.79 bits per heavy atom. The number of sulfone groups is 1. The average Bonchev–Trinajstić information content (AvgIpc) is 2.93. The Hall–Kier alpha value is -1.62. The first kappa shape index (κ1) is 11.2. The van der Waals surface area contributed by atoms with E-state index in [-0.39, 0.29) is 11.3 Å². The van der Waals surface area contributed by atoms with E-state index in [1.165, 1.54) is 0 Å². The molecule has 3 heterocycles. The van der Waals surface area contributed by atoms with Gasteiger partial charge in [0.1, 0.15) is 0 Å². The van der Waals surface area contributed by atoms with Gasteiger partial charge in [-0.2, -0.15) is 0 Å². The topological polar surface area (TPSA) is 50.3 Å². The zero-order chi connectivity index (χ0) is 13.0. The maximum absolute atomic E-state index is 11.8. The molecule has 2 aromatic rings. The fraction of sp³-hybridized carbons (Fsp3) is 0.357. The van der Waals surface area contributed by atoms with Crippen LogP contribution in [-0.2, 0) is 9.84 Å². The van der Waals surface area contributed by atoms with Crippen molar-refractivity contribution in [3.63, 3.8) is 0 Å². The van der Waals surface area contributed by atoms with Crippen molar-refractivity contribution in [1.29, 1.82) is 0 Å². The molecular formula is C14H14N2O2S. The van der Waals surface area contributed by atoms with Gasteiger partial charge < -0.3 is 4.90 Å². The van der Waals surface area contributed by atoms with Gasteiger partial charge in [-0.25, -0.2) is 8.42 Å². The Labute approximate surface area is 112 Å². The summed E-state index contributed by atoms with van der Waals surface area (Å²) in [7, 11) is -2.84. The summed E-state index contributed by atoms with van der Waals surface area (Å²) in [5.74, 6) is 0.300. The molecular weight excluding hydrogens is 260 g/mol. The molecule has 1 aromatic carbocycles. The molecule has 98 valence electrons. The molecule has 4 rings (SSSR count). The molecule has 0 amide bonds. The average molecular weight is 274 g/mol. The van der Waals surface area contributed by atoms with Crippen molar-refractivity contribution >= 4 is 26.4 Å². The normalized spacial score (nSPS) is 28.1. The standard InChI is InChI=1S/C14H14N2O2S/c17-19(18)9-10-7-11(19)8-16(10)14-5-6-15-13-4-2-1-3-12(13)14/h1-6,10-11H,7-9H2. The van der Waals surface area contributed by atoms with E-state index in [4.69, 9.17) is 0 Å². The van der Waals surface area contributed by atoms with E-state index in [9.17, 15) is 8.42 Å². The molecule has 2 fully saturated rings. The molecule has 2 aliphatic rings. The Kier molecular flexibility index (Phi) is 2.18. The van der Waals surface area contributed by atoms with Gasteiger partial charge in [-0.15, -0.1) is 0 Å². The van der Waals surface area contributed by atoms with E-state index in [1.807, 2.05) is 24.3 Å². The van der Waals surface area contributed by atoms with Gasteiger partial charge in [0, 0.05) is 29.9 Å². The third-order valence-electron chi connectivity index (χ3n) is 4.24. The summed E-state index contributed by atoms with van der Waals surface area (Å²) >= 11 is 0. The van der Waals surface area contributed by atoms with Crippen LogP contribution in [0, 0.1) is 0 Å². The highest BCUT2D eigenvalue weighted by atomic mass is 32.2. The molecule has 0 N–H and O–H groups in total. The Balaban J connectivity index is 1.82. The lowest BCUT2D eigenvalue weighted by molar-refractivity contribution is 0.586. The predicted octanol–water partition coefficient (Wildman–Crippen LogP) is 1.61. The van der Waals surface area contributed by atoms with Crippen LogP contribution in [-0.4, -0.2) is 37.0 Å². The number of hydrogen-bond acceptors (Lipinski definition) is 4. The van der Waals surface area contributed by atoms with Crippen LogP contribution in [0.2, 0.25) is 0 Å². The van der Waals surface area contributed by atoms with E-state index in [0.29, 0.717) is 12.3 Å². The van der Waals surface area contributed by atoms with Crippen LogP contribution >= 0.6 is 0 Å². The summed E-state index contributed by atoms with van der Waals surface area (Å²) in [5, 5.41) is 0.930. The predicted molar refractivity (Wildman–Crippen MR) is 75.1 cm³/mol. The number of benzene rings is 1. The van der Waals surface area contributed by atoms with Gasteiger partial charge in [-0.3, -0.25) is 4.98 Å². The Bertz CT molecular complexity index is 752. The molecule has 2 atom stereocenters. The molecule has 2 aliphatic heterocycles. The van der Waals surface area contributed by atoms with Gasteiger partial charge in [0.15, 0.2) is 9.84 Å². The first-order valence-electron chi connectivity index (χ1n) is 6.47. The highest BCUT2D eigenvalue weighted by molar-refractivity contribution is 7.92. The zero-order valence-corrected chi connectivity index (χ0v) is 11.2. The fourth-order valence-corrected chi connectivity index (χ4v) is 5.35.